The van der Waals surface area contributed by atoms with Crippen LogP contribution in [0.15, 0.2) is 12.1 Å². The summed E-state index contributed by atoms with van der Waals surface area (Å²) in [5, 5.41) is 33.4. The van der Waals surface area contributed by atoms with Crippen molar-refractivity contribution in [1.82, 2.24) is 0 Å². The molecule has 0 bridgehead atoms. The SMILES string of the molecule is CCCN(CCC)c1c([N+](=O)[O-])cc(C(=O)[O-])cc1[N+](=O)[O-]. The van der Waals surface area contributed by atoms with Gasteiger partial charge in [0, 0.05) is 30.8 Å². The Morgan fingerprint density at radius 3 is 1.73 bits per heavy atom. The Balaban J connectivity index is 3.66. The number of hydrogen-bond donors (Lipinski definition) is 0. The number of carboxylic acid groups (broad SMARTS) is 1. The standard InChI is InChI=1S/C13H17N3O6/c1-3-5-14(6-4-2)12-10(15(19)20)7-9(13(17)18)8-11(12)16(21)22/h7-8H,3-6H2,1-2H3,(H,17,18)/p-1. The van der Waals surface area contributed by atoms with Gasteiger partial charge in [-0.3, -0.25) is 20.2 Å². The summed E-state index contributed by atoms with van der Waals surface area (Å²) in [7, 11) is 0. The molecular weight excluding hydrogens is 294 g/mol. The molecule has 0 aliphatic rings. The Bertz CT molecular complexity index is 560. The zero-order valence-corrected chi connectivity index (χ0v) is 12.3. The normalized spacial score (nSPS) is 10.3. The average Bonchev–Trinajstić information content (AvgIpc) is 2.45. The van der Waals surface area contributed by atoms with Crippen molar-refractivity contribution < 1.29 is 19.7 Å². The lowest BCUT2D eigenvalue weighted by atomic mass is 10.1. The first-order valence-corrected chi connectivity index (χ1v) is 6.76. The number of benzene rings is 1. The van der Waals surface area contributed by atoms with E-state index in [0.29, 0.717) is 25.9 Å². The average molecular weight is 310 g/mol. The molecule has 0 heterocycles. The Morgan fingerprint density at radius 2 is 1.45 bits per heavy atom. The van der Waals surface area contributed by atoms with Crippen LogP contribution in [0.1, 0.15) is 37.0 Å². The van der Waals surface area contributed by atoms with Gasteiger partial charge >= 0.3 is 0 Å². The van der Waals surface area contributed by atoms with Crippen LogP contribution in [0.25, 0.3) is 0 Å². The molecule has 0 saturated heterocycles. The molecule has 22 heavy (non-hydrogen) atoms. The number of anilines is 1. The molecule has 0 aromatic heterocycles. The second-order valence-electron chi connectivity index (χ2n) is 4.65. The van der Waals surface area contributed by atoms with E-state index in [2.05, 4.69) is 0 Å². The summed E-state index contributed by atoms with van der Waals surface area (Å²) in [4.78, 5) is 33.3. The van der Waals surface area contributed by atoms with Crippen LogP contribution >= 0.6 is 0 Å². The highest BCUT2D eigenvalue weighted by Gasteiger charge is 2.30. The minimum atomic E-state index is -1.70. The minimum Gasteiger partial charge on any atom is -0.545 e. The molecular formula is C13H16N3O6-. The van der Waals surface area contributed by atoms with E-state index < -0.39 is 32.8 Å². The van der Waals surface area contributed by atoms with Crippen LogP contribution < -0.4 is 10.0 Å². The highest BCUT2D eigenvalue weighted by atomic mass is 16.6. The van der Waals surface area contributed by atoms with Crippen molar-refractivity contribution in [1.29, 1.82) is 0 Å². The molecule has 9 heteroatoms. The number of aromatic carboxylic acids is 1. The summed E-state index contributed by atoms with van der Waals surface area (Å²) < 4.78 is 0. The number of hydrogen-bond acceptors (Lipinski definition) is 7. The maximum Gasteiger partial charge on any atom is 0.300 e. The van der Waals surface area contributed by atoms with Gasteiger partial charge in [-0.15, -0.1) is 0 Å². The summed E-state index contributed by atoms with van der Waals surface area (Å²) in [5.74, 6) is -1.70. The van der Waals surface area contributed by atoms with Crippen LogP contribution in [0.3, 0.4) is 0 Å². The molecule has 0 radical (unpaired) electrons. The zero-order valence-electron chi connectivity index (χ0n) is 12.3. The highest BCUT2D eigenvalue weighted by molar-refractivity contribution is 5.91. The van der Waals surface area contributed by atoms with E-state index in [1.54, 1.807) is 0 Å². The summed E-state index contributed by atoms with van der Waals surface area (Å²) in [6, 6.07) is 1.60. The van der Waals surface area contributed by atoms with Crippen LogP contribution in [0.2, 0.25) is 0 Å². The Morgan fingerprint density at radius 1 is 1.05 bits per heavy atom. The fourth-order valence-electron chi connectivity index (χ4n) is 2.20. The van der Waals surface area contributed by atoms with Gasteiger partial charge < -0.3 is 14.8 Å². The van der Waals surface area contributed by atoms with Crippen molar-refractivity contribution in [3.05, 3.63) is 37.9 Å². The number of carbonyl (C=O) groups is 1. The van der Waals surface area contributed by atoms with E-state index in [4.69, 9.17) is 0 Å². The summed E-state index contributed by atoms with van der Waals surface area (Å²) in [6.45, 7) is 4.46. The molecule has 0 aliphatic heterocycles. The molecule has 0 saturated carbocycles. The molecule has 0 fully saturated rings. The van der Waals surface area contributed by atoms with Crippen LogP contribution in [-0.4, -0.2) is 28.9 Å². The third kappa shape index (κ3) is 3.68. The lowest BCUT2D eigenvalue weighted by Crippen LogP contribution is -2.28. The van der Waals surface area contributed by atoms with Crippen molar-refractivity contribution in [2.75, 3.05) is 18.0 Å². The van der Waals surface area contributed by atoms with E-state index in [1.807, 2.05) is 13.8 Å². The number of nitro groups is 2. The van der Waals surface area contributed by atoms with Crippen molar-refractivity contribution >= 4 is 23.0 Å². The molecule has 0 unspecified atom stereocenters. The van der Waals surface area contributed by atoms with Crippen LogP contribution in [-0.2, 0) is 0 Å². The van der Waals surface area contributed by atoms with Gasteiger partial charge in [-0.25, -0.2) is 0 Å². The summed E-state index contributed by atoms with van der Waals surface area (Å²) >= 11 is 0. The van der Waals surface area contributed by atoms with Crippen molar-refractivity contribution in [2.24, 2.45) is 0 Å². The van der Waals surface area contributed by atoms with Gasteiger partial charge in [-0.2, -0.15) is 0 Å². The van der Waals surface area contributed by atoms with E-state index in [1.165, 1.54) is 4.90 Å². The molecule has 1 rings (SSSR count). The molecule has 1 aromatic carbocycles. The summed E-state index contributed by atoms with van der Waals surface area (Å²) in [6.07, 6.45) is 1.27. The van der Waals surface area contributed by atoms with Crippen LogP contribution in [0.4, 0.5) is 17.1 Å². The highest BCUT2D eigenvalue weighted by Crippen LogP contribution is 2.38. The second kappa shape index (κ2) is 7.34. The second-order valence-corrected chi connectivity index (χ2v) is 4.65. The fourth-order valence-corrected chi connectivity index (χ4v) is 2.20. The van der Waals surface area contributed by atoms with Crippen molar-refractivity contribution in [3.8, 4) is 0 Å². The zero-order chi connectivity index (χ0) is 16.9. The monoisotopic (exact) mass is 310 g/mol. The predicted octanol–water partition coefficient (Wildman–Crippen LogP) is 1.49. The van der Waals surface area contributed by atoms with Crippen molar-refractivity contribution in [3.63, 3.8) is 0 Å². The Hall–Kier alpha value is -2.71. The minimum absolute atomic E-state index is 0.163. The molecule has 0 N–H and O–H groups in total. The van der Waals surface area contributed by atoms with Crippen LogP contribution in [0, 0.1) is 20.2 Å². The Kier molecular flexibility index (Phi) is 5.79. The van der Waals surface area contributed by atoms with Gasteiger partial charge in [0.05, 0.1) is 15.8 Å². The van der Waals surface area contributed by atoms with E-state index in [0.717, 1.165) is 12.1 Å². The molecule has 0 atom stereocenters. The predicted molar refractivity (Wildman–Crippen MR) is 76.9 cm³/mol. The lowest BCUT2D eigenvalue weighted by molar-refractivity contribution is -0.392. The number of nitrogens with zero attached hydrogens (tertiary/aromatic N) is 3. The van der Waals surface area contributed by atoms with Crippen LogP contribution in [0.5, 0.6) is 0 Å². The van der Waals surface area contributed by atoms with Gasteiger partial charge in [-0.1, -0.05) is 13.8 Å². The smallest absolute Gasteiger partial charge is 0.300 e. The molecule has 0 amide bonds. The Labute approximate surface area is 126 Å². The van der Waals surface area contributed by atoms with Crippen molar-refractivity contribution in [2.45, 2.75) is 26.7 Å². The number of carbonyl (C=O) groups excluding carboxylic acids is 1. The molecule has 120 valence electrons. The maximum absolute atomic E-state index is 11.2. The summed E-state index contributed by atoms with van der Waals surface area (Å²) in [5.41, 5.74) is -1.95. The third-order valence-corrected chi connectivity index (χ3v) is 3.00. The molecule has 9 nitrogen and oxygen atoms in total. The topological polar surface area (TPSA) is 130 Å². The largest absolute Gasteiger partial charge is 0.545 e. The van der Waals surface area contributed by atoms with Gasteiger partial charge in [0.1, 0.15) is 0 Å². The quantitative estimate of drug-likeness (QED) is 0.525. The fraction of sp³-hybridized carbons (Fsp3) is 0.462. The van der Waals surface area contributed by atoms with Gasteiger partial charge in [0.25, 0.3) is 11.4 Å². The van der Waals surface area contributed by atoms with E-state index in [-0.39, 0.29) is 5.69 Å². The number of carboxylic acids is 1. The number of nitro benzene ring substituents is 2. The molecule has 0 aliphatic carbocycles. The first-order valence-electron chi connectivity index (χ1n) is 6.76. The molecule has 0 spiro atoms. The first kappa shape index (κ1) is 17.3. The maximum atomic E-state index is 11.2. The van der Waals surface area contributed by atoms with E-state index in [9.17, 15) is 30.1 Å². The van der Waals surface area contributed by atoms with Gasteiger partial charge in [0.2, 0.25) is 0 Å². The van der Waals surface area contributed by atoms with Gasteiger partial charge in [-0.05, 0) is 12.8 Å². The first-order chi connectivity index (χ1) is 10.3. The third-order valence-electron chi connectivity index (χ3n) is 3.00. The van der Waals surface area contributed by atoms with E-state index >= 15 is 0 Å². The van der Waals surface area contributed by atoms with Gasteiger partial charge in [0.15, 0.2) is 5.69 Å². The lowest BCUT2D eigenvalue weighted by Gasteiger charge is -2.23. The molecule has 1 aromatic rings. The number of rotatable bonds is 8.